The van der Waals surface area contributed by atoms with E-state index in [0.29, 0.717) is 6.54 Å². The van der Waals surface area contributed by atoms with Gasteiger partial charge in [-0.2, -0.15) is 0 Å². The molecule has 0 unspecified atom stereocenters. The molecule has 0 saturated heterocycles. The second-order valence-corrected chi connectivity index (χ2v) is 4.43. The average molecular weight is 296 g/mol. The molecule has 112 valence electrons. The summed E-state index contributed by atoms with van der Waals surface area (Å²) >= 11 is 0. The van der Waals surface area contributed by atoms with Crippen molar-refractivity contribution in [3.8, 4) is 16.9 Å². The minimum atomic E-state index is -4.67. The Labute approximate surface area is 120 Å². The van der Waals surface area contributed by atoms with E-state index in [1.54, 1.807) is 24.5 Å². The minimum absolute atomic E-state index is 0.233. The third-order valence-corrected chi connectivity index (χ3v) is 2.80. The highest BCUT2D eigenvalue weighted by Crippen LogP contribution is 2.26. The summed E-state index contributed by atoms with van der Waals surface area (Å²) in [6.07, 6.45) is -1.24. The lowest BCUT2D eigenvalue weighted by molar-refractivity contribution is -0.274. The molecule has 0 amide bonds. The number of ether oxygens (including phenoxy) is 1. The van der Waals surface area contributed by atoms with E-state index in [1.165, 1.54) is 12.1 Å². The number of hydrogen-bond acceptors (Lipinski definition) is 3. The predicted molar refractivity (Wildman–Crippen MR) is 73.7 cm³/mol. The first-order valence-corrected chi connectivity index (χ1v) is 6.49. The Kier molecular flexibility index (Phi) is 4.80. The van der Waals surface area contributed by atoms with E-state index in [4.69, 9.17) is 0 Å². The van der Waals surface area contributed by atoms with E-state index in [9.17, 15) is 13.2 Å². The number of benzene rings is 1. The monoisotopic (exact) mass is 296 g/mol. The fourth-order valence-corrected chi connectivity index (χ4v) is 1.86. The first-order valence-electron chi connectivity index (χ1n) is 6.49. The molecule has 1 aromatic heterocycles. The molecule has 0 spiro atoms. The molecule has 2 rings (SSSR count). The van der Waals surface area contributed by atoms with Crippen molar-refractivity contribution in [3.63, 3.8) is 0 Å². The normalized spacial score (nSPS) is 11.4. The molecule has 0 atom stereocenters. The number of alkyl halides is 3. The van der Waals surface area contributed by atoms with Crippen LogP contribution >= 0.6 is 0 Å². The number of halogens is 3. The Morgan fingerprint density at radius 2 is 1.81 bits per heavy atom. The van der Waals surface area contributed by atoms with Crippen molar-refractivity contribution >= 4 is 0 Å². The minimum Gasteiger partial charge on any atom is -0.406 e. The summed E-state index contributed by atoms with van der Waals surface area (Å²) in [5.41, 5.74) is 2.66. The quantitative estimate of drug-likeness (QED) is 0.912. The maximum Gasteiger partial charge on any atom is 0.573 e. The van der Waals surface area contributed by atoms with Gasteiger partial charge in [0.25, 0.3) is 0 Å². The molecule has 0 radical (unpaired) electrons. The molecular weight excluding hydrogens is 281 g/mol. The topological polar surface area (TPSA) is 34.2 Å². The van der Waals surface area contributed by atoms with E-state index in [2.05, 4.69) is 15.0 Å². The highest BCUT2D eigenvalue weighted by Gasteiger charge is 2.30. The molecule has 21 heavy (non-hydrogen) atoms. The number of pyridine rings is 1. The zero-order valence-electron chi connectivity index (χ0n) is 11.4. The molecule has 0 aliphatic rings. The van der Waals surface area contributed by atoms with Gasteiger partial charge < -0.3 is 10.1 Å². The second-order valence-electron chi connectivity index (χ2n) is 4.43. The van der Waals surface area contributed by atoms with E-state index in [1.807, 2.05) is 13.0 Å². The third kappa shape index (κ3) is 4.75. The van der Waals surface area contributed by atoms with Gasteiger partial charge in [-0.1, -0.05) is 19.1 Å². The number of aromatic nitrogens is 1. The fourth-order valence-electron chi connectivity index (χ4n) is 1.86. The van der Waals surface area contributed by atoms with Crippen molar-refractivity contribution < 1.29 is 17.9 Å². The average Bonchev–Trinajstić information content (AvgIpc) is 2.44. The van der Waals surface area contributed by atoms with Gasteiger partial charge in [-0.15, -0.1) is 13.2 Å². The Morgan fingerprint density at radius 3 is 2.43 bits per heavy atom. The lowest BCUT2D eigenvalue weighted by atomic mass is 10.1. The Balaban J connectivity index is 2.15. The van der Waals surface area contributed by atoms with Crippen LogP contribution in [-0.2, 0) is 6.54 Å². The second kappa shape index (κ2) is 6.58. The lowest BCUT2D eigenvalue weighted by Gasteiger charge is -2.10. The fraction of sp³-hybridized carbons (Fsp3) is 0.267. The summed E-state index contributed by atoms with van der Waals surface area (Å²) in [7, 11) is 0. The molecule has 0 fully saturated rings. The van der Waals surface area contributed by atoms with Gasteiger partial charge in [-0.25, -0.2) is 0 Å². The van der Waals surface area contributed by atoms with Crippen LogP contribution in [0.3, 0.4) is 0 Å². The summed E-state index contributed by atoms with van der Waals surface area (Å²) in [5.74, 6) is -0.233. The molecular formula is C15H15F3N2O. The molecule has 0 aliphatic heterocycles. The van der Waals surface area contributed by atoms with E-state index in [0.717, 1.165) is 23.2 Å². The third-order valence-electron chi connectivity index (χ3n) is 2.80. The van der Waals surface area contributed by atoms with Crippen LogP contribution in [0.25, 0.3) is 11.1 Å². The van der Waals surface area contributed by atoms with Crippen molar-refractivity contribution in [2.45, 2.75) is 19.8 Å². The van der Waals surface area contributed by atoms with Gasteiger partial charge in [0.15, 0.2) is 0 Å². The van der Waals surface area contributed by atoms with Crippen LogP contribution in [0.5, 0.6) is 5.75 Å². The van der Waals surface area contributed by atoms with Gasteiger partial charge >= 0.3 is 6.36 Å². The highest BCUT2D eigenvalue weighted by atomic mass is 19.4. The largest absolute Gasteiger partial charge is 0.573 e. The molecule has 0 saturated carbocycles. The molecule has 1 N–H and O–H groups in total. The van der Waals surface area contributed by atoms with Gasteiger partial charge in [0.1, 0.15) is 5.75 Å². The van der Waals surface area contributed by atoms with E-state index >= 15 is 0 Å². The molecule has 1 heterocycles. The zero-order valence-corrected chi connectivity index (χ0v) is 11.4. The number of nitrogens with zero attached hydrogens (tertiary/aromatic N) is 1. The summed E-state index contributed by atoms with van der Waals surface area (Å²) in [5, 5.41) is 3.19. The van der Waals surface area contributed by atoms with Gasteiger partial charge in [-0.3, -0.25) is 4.98 Å². The highest BCUT2D eigenvalue weighted by molar-refractivity contribution is 5.63. The Morgan fingerprint density at radius 1 is 1.10 bits per heavy atom. The number of nitrogens with one attached hydrogen (secondary N) is 1. The summed E-state index contributed by atoms with van der Waals surface area (Å²) in [6, 6.07) is 7.69. The maximum atomic E-state index is 12.1. The maximum absolute atomic E-state index is 12.1. The van der Waals surface area contributed by atoms with Crippen molar-refractivity contribution in [2.75, 3.05) is 6.54 Å². The van der Waals surface area contributed by atoms with E-state index < -0.39 is 6.36 Å². The molecule has 3 nitrogen and oxygen atoms in total. The smallest absolute Gasteiger partial charge is 0.406 e. The van der Waals surface area contributed by atoms with Gasteiger partial charge in [-0.05, 0) is 35.9 Å². The van der Waals surface area contributed by atoms with Crippen LogP contribution in [-0.4, -0.2) is 17.9 Å². The number of hydrogen-bond donors (Lipinski definition) is 1. The molecule has 2 aromatic rings. The summed E-state index contributed by atoms with van der Waals surface area (Å²) in [6.45, 7) is 3.57. The molecule has 6 heteroatoms. The first kappa shape index (κ1) is 15.3. The van der Waals surface area contributed by atoms with Crippen LogP contribution < -0.4 is 10.1 Å². The van der Waals surface area contributed by atoms with Crippen LogP contribution in [0.15, 0.2) is 42.7 Å². The first-order chi connectivity index (χ1) is 9.98. The Bertz CT molecular complexity index is 582. The van der Waals surface area contributed by atoms with Crippen molar-refractivity contribution in [2.24, 2.45) is 0 Å². The van der Waals surface area contributed by atoms with E-state index in [-0.39, 0.29) is 5.75 Å². The summed E-state index contributed by atoms with van der Waals surface area (Å²) < 4.78 is 40.1. The van der Waals surface area contributed by atoms with Crippen LogP contribution in [0.1, 0.15) is 12.5 Å². The Hall–Kier alpha value is -2.08. The van der Waals surface area contributed by atoms with Crippen molar-refractivity contribution in [3.05, 3.63) is 48.3 Å². The lowest BCUT2D eigenvalue weighted by Crippen LogP contribution is -2.16. The zero-order chi connectivity index (χ0) is 15.3. The van der Waals surface area contributed by atoms with Gasteiger partial charge in [0.05, 0.1) is 0 Å². The predicted octanol–water partition coefficient (Wildman–Crippen LogP) is 3.76. The molecule has 1 aromatic carbocycles. The van der Waals surface area contributed by atoms with Crippen molar-refractivity contribution in [1.82, 2.24) is 10.3 Å². The van der Waals surface area contributed by atoms with Gasteiger partial charge in [0, 0.05) is 24.5 Å². The van der Waals surface area contributed by atoms with Gasteiger partial charge in [0.2, 0.25) is 0 Å². The van der Waals surface area contributed by atoms with Crippen LogP contribution in [0.2, 0.25) is 0 Å². The summed E-state index contributed by atoms with van der Waals surface area (Å²) in [4.78, 5) is 4.14. The SMILES string of the molecule is CCNCc1cncc(-c2ccc(OC(F)(F)F)cc2)c1. The van der Waals surface area contributed by atoms with Crippen LogP contribution in [0.4, 0.5) is 13.2 Å². The molecule has 0 aliphatic carbocycles. The standard InChI is InChI=1S/C15H15F3N2O/c1-2-19-8-11-7-13(10-20-9-11)12-3-5-14(6-4-12)21-15(16,17)18/h3-7,9-10,19H,2,8H2,1H3. The van der Waals surface area contributed by atoms with Crippen molar-refractivity contribution in [1.29, 1.82) is 0 Å². The van der Waals surface area contributed by atoms with Crippen LogP contribution in [0, 0.1) is 0 Å². The molecule has 0 bridgehead atoms. The number of rotatable bonds is 5.